The number of carboxylic acids is 1. The van der Waals surface area contributed by atoms with Crippen molar-refractivity contribution < 1.29 is 24.5 Å². The van der Waals surface area contributed by atoms with Crippen LogP contribution in [0.1, 0.15) is 40.0 Å². The zero-order valence-electron chi connectivity index (χ0n) is 10.5. The fourth-order valence-corrected chi connectivity index (χ4v) is 2.08. The Kier molecular flexibility index (Phi) is 4.14. The molecule has 2 N–H and O–H groups in total. The van der Waals surface area contributed by atoms with Gasteiger partial charge in [0.05, 0.1) is 17.9 Å². The van der Waals surface area contributed by atoms with E-state index in [0.717, 1.165) is 0 Å². The van der Waals surface area contributed by atoms with Gasteiger partial charge in [-0.05, 0) is 40.0 Å². The number of rotatable bonds is 2. The quantitative estimate of drug-likeness (QED) is 0.713. The van der Waals surface area contributed by atoms with Crippen LogP contribution < -0.4 is 0 Å². The number of carboxylic acid groups (broad SMARTS) is 1. The average Bonchev–Trinajstić information content (AvgIpc) is 2.14. The molecule has 0 bridgehead atoms. The van der Waals surface area contributed by atoms with Crippen LogP contribution in [-0.4, -0.2) is 33.9 Å². The maximum atomic E-state index is 11.9. The number of carbonyl (C=O) groups excluding carboxylic acids is 1. The molecule has 1 unspecified atom stereocenters. The molecule has 0 radical (unpaired) electrons. The average molecular weight is 244 g/mol. The zero-order valence-corrected chi connectivity index (χ0v) is 10.5. The number of ether oxygens (including phenoxy) is 1. The van der Waals surface area contributed by atoms with Gasteiger partial charge in [0, 0.05) is 0 Å². The highest BCUT2D eigenvalue weighted by Crippen LogP contribution is 2.32. The lowest BCUT2D eigenvalue weighted by atomic mass is 9.78. The molecule has 1 fully saturated rings. The number of carbonyl (C=O) groups is 2. The highest BCUT2D eigenvalue weighted by Gasteiger charge is 2.40. The fourth-order valence-electron chi connectivity index (χ4n) is 2.08. The lowest BCUT2D eigenvalue weighted by Gasteiger charge is -2.32. The van der Waals surface area contributed by atoms with E-state index in [1.807, 2.05) is 0 Å². The summed E-state index contributed by atoms with van der Waals surface area (Å²) in [5.41, 5.74) is -0.615. The molecule has 0 amide bonds. The first-order valence-electron chi connectivity index (χ1n) is 5.84. The molecule has 1 aliphatic carbocycles. The number of aliphatic hydroxyl groups excluding tert-OH is 1. The van der Waals surface area contributed by atoms with Crippen molar-refractivity contribution in [1.29, 1.82) is 0 Å². The molecule has 0 heterocycles. The normalized spacial score (nSPS) is 29.8. The van der Waals surface area contributed by atoms with Crippen molar-refractivity contribution in [3.05, 3.63) is 0 Å². The van der Waals surface area contributed by atoms with E-state index in [2.05, 4.69) is 0 Å². The van der Waals surface area contributed by atoms with Crippen molar-refractivity contribution in [2.24, 2.45) is 11.8 Å². The second-order valence-electron chi connectivity index (χ2n) is 5.55. The molecule has 0 aromatic carbocycles. The first-order chi connectivity index (χ1) is 7.70. The van der Waals surface area contributed by atoms with Crippen molar-refractivity contribution in [2.45, 2.75) is 51.7 Å². The Bertz CT molecular complexity index is 305. The van der Waals surface area contributed by atoms with Crippen LogP contribution in [0.5, 0.6) is 0 Å². The molecule has 1 rings (SSSR count). The summed E-state index contributed by atoms with van der Waals surface area (Å²) >= 11 is 0. The van der Waals surface area contributed by atoms with E-state index in [1.165, 1.54) is 0 Å². The van der Waals surface area contributed by atoms with Gasteiger partial charge in [-0.15, -0.1) is 0 Å². The van der Waals surface area contributed by atoms with Gasteiger partial charge >= 0.3 is 11.9 Å². The van der Waals surface area contributed by atoms with Crippen molar-refractivity contribution in [3.8, 4) is 0 Å². The van der Waals surface area contributed by atoms with Gasteiger partial charge in [0.25, 0.3) is 0 Å². The van der Waals surface area contributed by atoms with Crippen molar-refractivity contribution in [3.63, 3.8) is 0 Å². The third kappa shape index (κ3) is 4.00. The maximum Gasteiger partial charge on any atom is 0.310 e. The number of aliphatic carboxylic acids is 1. The second kappa shape index (κ2) is 5.04. The Labute approximate surface area is 101 Å². The molecule has 98 valence electrons. The van der Waals surface area contributed by atoms with Crippen LogP contribution in [0.2, 0.25) is 0 Å². The molecule has 0 aromatic heterocycles. The van der Waals surface area contributed by atoms with Gasteiger partial charge in [0.2, 0.25) is 0 Å². The third-order valence-corrected chi connectivity index (χ3v) is 2.85. The van der Waals surface area contributed by atoms with Gasteiger partial charge in [0.1, 0.15) is 5.60 Å². The zero-order chi connectivity index (χ0) is 13.2. The van der Waals surface area contributed by atoms with Crippen LogP contribution in [0.3, 0.4) is 0 Å². The predicted octanol–water partition coefficient (Wildman–Crippen LogP) is 1.19. The number of hydrogen-bond acceptors (Lipinski definition) is 4. The van der Waals surface area contributed by atoms with Crippen molar-refractivity contribution in [1.82, 2.24) is 0 Å². The molecule has 0 aromatic rings. The molecule has 5 nitrogen and oxygen atoms in total. The lowest BCUT2D eigenvalue weighted by molar-refractivity contribution is -0.170. The summed E-state index contributed by atoms with van der Waals surface area (Å²) in [6, 6.07) is 0. The largest absolute Gasteiger partial charge is 0.481 e. The van der Waals surface area contributed by atoms with Crippen LogP contribution in [0, 0.1) is 11.8 Å². The predicted molar refractivity (Wildman–Crippen MR) is 60.3 cm³/mol. The summed E-state index contributed by atoms with van der Waals surface area (Å²) in [5.74, 6) is -3.00. The summed E-state index contributed by atoms with van der Waals surface area (Å²) in [5, 5.41) is 18.5. The smallest absolute Gasteiger partial charge is 0.310 e. The minimum Gasteiger partial charge on any atom is -0.481 e. The molecule has 1 aliphatic rings. The minimum atomic E-state index is -1.04. The van der Waals surface area contributed by atoms with Crippen LogP contribution >= 0.6 is 0 Å². The molecule has 0 spiro atoms. The minimum absolute atomic E-state index is 0.124. The van der Waals surface area contributed by atoms with E-state index in [4.69, 9.17) is 9.84 Å². The van der Waals surface area contributed by atoms with Crippen LogP contribution in [0.25, 0.3) is 0 Å². The standard InChI is InChI=1S/C12H20O5/c1-12(2,3)17-11(16)8-5-4-7(13)6-9(8)10(14)15/h7-9,13H,4-6H2,1-3H3,(H,14,15)/t7-,8-,9?/m0/s1. The highest BCUT2D eigenvalue weighted by atomic mass is 16.6. The van der Waals surface area contributed by atoms with Gasteiger partial charge in [0.15, 0.2) is 0 Å². The second-order valence-corrected chi connectivity index (χ2v) is 5.55. The van der Waals surface area contributed by atoms with E-state index in [-0.39, 0.29) is 6.42 Å². The van der Waals surface area contributed by atoms with Gasteiger partial charge < -0.3 is 14.9 Å². The Morgan fingerprint density at radius 2 is 1.76 bits per heavy atom. The number of esters is 1. The summed E-state index contributed by atoms with van der Waals surface area (Å²) in [6.45, 7) is 5.25. The lowest BCUT2D eigenvalue weighted by Crippen LogP contribution is -2.40. The Balaban J connectivity index is 2.73. The third-order valence-electron chi connectivity index (χ3n) is 2.85. The SMILES string of the molecule is CC(C)(C)OC(=O)[C@H]1CC[C@H](O)CC1C(=O)O. The first kappa shape index (κ1) is 14.0. The molecule has 5 heteroatoms. The molecular weight excluding hydrogens is 224 g/mol. The van der Waals surface area contributed by atoms with Crippen molar-refractivity contribution >= 4 is 11.9 Å². The summed E-state index contributed by atoms with van der Waals surface area (Å²) < 4.78 is 5.21. The Hall–Kier alpha value is -1.10. The number of aliphatic hydroxyl groups is 1. The van der Waals surface area contributed by atoms with Crippen LogP contribution in [0.15, 0.2) is 0 Å². The Morgan fingerprint density at radius 3 is 2.24 bits per heavy atom. The van der Waals surface area contributed by atoms with Crippen molar-refractivity contribution in [2.75, 3.05) is 0 Å². The first-order valence-corrected chi connectivity index (χ1v) is 5.84. The topological polar surface area (TPSA) is 83.8 Å². The molecule has 3 atom stereocenters. The number of hydrogen-bond donors (Lipinski definition) is 2. The Morgan fingerprint density at radius 1 is 1.18 bits per heavy atom. The van der Waals surface area contributed by atoms with Gasteiger partial charge in [-0.25, -0.2) is 0 Å². The monoisotopic (exact) mass is 244 g/mol. The fraction of sp³-hybridized carbons (Fsp3) is 0.833. The van der Waals surface area contributed by atoms with Gasteiger partial charge in [-0.1, -0.05) is 0 Å². The molecule has 0 aliphatic heterocycles. The van der Waals surface area contributed by atoms with Gasteiger partial charge in [-0.3, -0.25) is 9.59 Å². The molecular formula is C12H20O5. The van der Waals surface area contributed by atoms with E-state index >= 15 is 0 Å². The van der Waals surface area contributed by atoms with E-state index in [0.29, 0.717) is 12.8 Å². The van der Waals surface area contributed by atoms with Gasteiger partial charge in [-0.2, -0.15) is 0 Å². The molecule has 0 saturated heterocycles. The maximum absolute atomic E-state index is 11.9. The van der Waals surface area contributed by atoms with Crippen LogP contribution in [-0.2, 0) is 14.3 Å². The summed E-state index contributed by atoms with van der Waals surface area (Å²) in [4.78, 5) is 22.9. The summed E-state index contributed by atoms with van der Waals surface area (Å²) in [6.07, 6.45) is 0.315. The van der Waals surface area contributed by atoms with Crippen LogP contribution in [0.4, 0.5) is 0 Å². The molecule has 17 heavy (non-hydrogen) atoms. The molecule has 1 saturated carbocycles. The van der Waals surface area contributed by atoms with E-state index < -0.39 is 35.5 Å². The van der Waals surface area contributed by atoms with E-state index in [1.54, 1.807) is 20.8 Å². The highest BCUT2D eigenvalue weighted by molar-refractivity contribution is 5.81. The summed E-state index contributed by atoms with van der Waals surface area (Å²) in [7, 11) is 0. The van der Waals surface area contributed by atoms with E-state index in [9.17, 15) is 14.7 Å².